The third-order valence-corrected chi connectivity index (χ3v) is 2.76. The molecule has 0 aromatic heterocycles. The molecule has 0 bridgehead atoms. The van der Waals surface area contributed by atoms with Crippen LogP contribution in [0.4, 0.5) is 5.69 Å². The summed E-state index contributed by atoms with van der Waals surface area (Å²) in [5.41, 5.74) is 4.96. The summed E-state index contributed by atoms with van der Waals surface area (Å²) in [6.07, 6.45) is 1.26. The standard InChI is InChI=1S/C14H21NO2/c1-10-8-11(2)14(12(3)9-10)15-7-5-6-13(16)17-4/h8-9,15H,5-7H2,1-4H3. The first-order valence-electron chi connectivity index (χ1n) is 5.93. The summed E-state index contributed by atoms with van der Waals surface area (Å²) in [6, 6.07) is 4.32. The van der Waals surface area contributed by atoms with Gasteiger partial charge in [-0.2, -0.15) is 0 Å². The van der Waals surface area contributed by atoms with E-state index in [1.54, 1.807) is 0 Å². The number of nitrogens with one attached hydrogen (secondary N) is 1. The number of carbonyl (C=O) groups excluding carboxylic acids is 1. The van der Waals surface area contributed by atoms with Crippen LogP contribution in [0.25, 0.3) is 0 Å². The number of methoxy groups -OCH3 is 1. The molecule has 1 aromatic rings. The van der Waals surface area contributed by atoms with E-state index in [1.807, 2.05) is 0 Å². The molecule has 0 spiro atoms. The molecule has 1 rings (SSSR count). The van der Waals surface area contributed by atoms with E-state index in [-0.39, 0.29) is 5.97 Å². The highest BCUT2D eigenvalue weighted by atomic mass is 16.5. The van der Waals surface area contributed by atoms with Crippen LogP contribution in [0.3, 0.4) is 0 Å². The number of hydrogen-bond donors (Lipinski definition) is 1. The minimum Gasteiger partial charge on any atom is -0.469 e. The Kier molecular flexibility index (Phi) is 5.01. The molecule has 0 fully saturated rings. The van der Waals surface area contributed by atoms with Gasteiger partial charge < -0.3 is 10.1 Å². The number of benzene rings is 1. The maximum absolute atomic E-state index is 11.0. The van der Waals surface area contributed by atoms with Crippen molar-refractivity contribution in [2.75, 3.05) is 19.0 Å². The minimum atomic E-state index is -0.149. The molecular formula is C14H21NO2. The molecule has 0 aliphatic carbocycles. The van der Waals surface area contributed by atoms with E-state index >= 15 is 0 Å². The van der Waals surface area contributed by atoms with Crippen molar-refractivity contribution in [2.24, 2.45) is 0 Å². The van der Waals surface area contributed by atoms with E-state index < -0.39 is 0 Å². The fraction of sp³-hybridized carbons (Fsp3) is 0.500. The molecular weight excluding hydrogens is 214 g/mol. The molecule has 0 saturated heterocycles. The summed E-state index contributed by atoms with van der Waals surface area (Å²) in [5, 5.41) is 3.38. The molecule has 1 N–H and O–H groups in total. The summed E-state index contributed by atoms with van der Waals surface area (Å²) in [4.78, 5) is 11.0. The molecule has 1 aromatic carbocycles. The summed E-state index contributed by atoms with van der Waals surface area (Å²) in [7, 11) is 1.42. The van der Waals surface area contributed by atoms with Crippen molar-refractivity contribution < 1.29 is 9.53 Å². The average Bonchev–Trinajstić information content (AvgIpc) is 2.26. The lowest BCUT2D eigenvalue weighted by atomic mass is 10.1. The molecule has 3 nitrogen and oxygen atoms in total. The van der Waals surface area contributed by atoms with Crippen LogP contribution in [0.1, 0.15) is 29.5 Å². The van der Waals surface area contributed by atoms with E-state index in [1.165, 1.54) is 29.5 Å². The van der Waals surface area contributed by atoms with Crippen molar-refractivity contribution in [3.8, 4) is 0 Å². The SMILES string of the molecule is COC(=O)CCCNc1c(C)cc(C)cc1C. The van der Waals surface area contributed by atoms with E-state index in [2.05, 4.69) is 43.0 Å². The van der Waals surface area contributed by atoms with Crippen LogP contribution in [0.15, 0.2) is 12.1 Å². The smallest absolute Gasteiger partial charge is 0.305 e. The normalized spacial score (nSPS) is 10.1. The second-order valence-corrected chi connectivity index (χ2v) is 4.38. The number of anilines is 1. The zero-order valence-electron chi connectivity index (χ0n) is 11.1. The van der Waals surface area contributed by atoms with Gasteiger partial charge in [-0.3, -0.25) is 4.79 Å². The molecule has 0 atom stereocenters. The molecule has 17 heavy (non-hydrogen) atoms. The first-order chi connectivity index (χ1) is 8.04. The first kappa shape index (κ1) is 13.6. The number of aryl methyl sites for hydroxylation is 3. The molecule has 0 aliphatic rings. The van der Waals surface area contributed by atoms with Crippen LogP contribution in [-0.2, 0) is 9.53 Å². The lowest BCUT2D eigenvalue weighted by Crippen LogP contribution is -2.08. The number of carbonyl (C=O) groups is 1. The van der Waals surface area contributed by atoms with Crippen LogP contribution in [0, 0.1) is 20.8 Å². The lowest BCUT2D eigenvalue weighted by molar-refractivity contribution is -0.140. The minimum absolute atomic E-state index is 0.149. The summed E-state index contributed by atoms with van der Waals surface area (Å²) < 4.78 is 4.60. The van der Waals surface area contributed by atoms with Gasteiger partial charge in [0.2, 0.25) is 0 Å². The van der Waals surface area contributed by atoms with Gasteiger partial charge in [0, 0.05) is 18.7 Å². The third kappa shape index (κ3) is 4.10. The molecule has 0 amide bonds. The van der Waals surface area contributed by atoms with E-state index in [9.17, 15) is 4.79 Å². The lowest BCUT2D eigenvalue weighted by Gasteiger charge is -2.13. The Morgan fingerprint density at radius 1 is 1.24 bits per heavy atom. The average molecular weight is 235 g/mol. The molecule has 0 unspecified atom stereocenters. The summed E-state index contributed by atoms with van der Waals surface area (Å²) in [5.74, 6) is -0.149. The van der Waals surface area contributed by atoms with Gasteiger partial charge in [-0.15, -0.1) is 0 Å². The zero-order valence-corrected chi connectivity index (χ0v) is 11.1. The van der Waals surface area contributed by atoms with Crippen molar-refractivity contribution in [3.63, 3.8) is 0 Å². The second kappa shape index (κ2) is 6.28. The Bertz CT molecular complexity index is 376. The van der Waals surface area contributed by atoms with Crippen LogP contribution in [-0.4, -0.2) is 19.6 Å². The van der Waals surface area contributed by atoms with Gasteiger partial charge in [0.1, 0.15) is 0 Å². The van der Waals surface area contributed by atoms with Crippen LogP contribution < -0.4 is 5.32 Å². The van der Waals surface area contributed by atoms with E-state index in [0.29, 0.717) is 6.42 Å². The van der Waals surface area contributed by atoms with Gasteiger partial charge in [0.15, 0.2) is 0 Å². The largest absolute Gasteiger partial charge is 0.469 e. The molecule has 0 heterocycles. The van der Waals surface area contributed by atoms with Crippen molar-refractivity contribution in [3.05, 3.63) is 28.8 Å². The molecule has 3 heteroatoms. The number of ether oxygens (including phenoxy) is 1. The highest BCUT2D eigenvalue weighted by Crippen LogP contribution is 2.21. The Balaban J connectivity index is 2.50. The number of hydrogen-bond acceptors (Lipinski definition) is 3. The molecule has 0 saturated carbocycles. The topological polar surface area (TPSA) is 38.3 Å². The predicted molar refractivity (Wildman–Crippen MR) is 70.4 cm³/mol. The monoisotopic (exact) mass is 235 g/mol. The first-order valence-corrected chi connectivity index (χ1v) is 5.93. The van der Waals surface area contributed by atoms with Gasteiger partial charge in [-0.05, 0) is 38.3 Å². The molecule has 0 radical (unpaired) electrons. The quantitative estimate of drug-likeness (QED) is 0.630. The van der Waals surface area contributed by atoms with E-state index in [4.69, 9.17) is 0 Å². The van der Waals surface area contributed by atoms with Gasteiger partial charge in [0.05, 0.1) is 7.11 Å². The molecule has 94 valence electrons. The van der Waals surface area contributed by atoms with Crippen molar-refractivity contribution >= 4 is 11.7 Å². The van der Waals surface area contributed by atoms with Crippen molar-refractivity contribution in [1.29, 1.82) is 0 Å². The number of rotatable bonds is 5. The van der Waals surface area contributed by atoms with Gasteiger partial charge in [0.25, 0.3) is 0 Å². The second-order valence-electron chi connectivity index (χ2n) is 4.38. The highest BCUT2D eigenvalue weighted by Gasteiger charge is 2.04. The van der Waals surface area contributed by atoms with Gasteiger partial charge in [-0.25, -0.2) is 0 Å². The van der Waals surface area contributed by atoms with Gasteiger partial charge in [-0.1, -0.05) is 17.7 Å². The maximum atomic E-state index is 11.0. The van der Waals surface area contributed by atoms with E-state index in [0.717, 1.165) is 13.0 Å². The highest BCUT2D eigenvalue weighted by molar-refractivity contribution is 5.69. The Morgan fingerprint density at radius 2 is 1.82 bits per heavy atom. The molecule has 0 aliphatic heterocycles. The maximum Gasteiger partial charge on any atom is 0.305 e. The summed E-state index contributed by atoms with van der Waals surface area (Å²) in [6.45, 7) is 7.09. The Hall–Kier alpha value is -1.51. The zero-order chi connectivity index (χ0) is 12.8. The van der Waals surface area contributed by atoms with Crippen LogP contribution in [0.2, 0.25) is 0 Å². The third-order valence-electron chi connectivity index (χ3n) is 2.76. The van der Waals surface area contributed by atoms with Crippen LogP contribution in [0.5, 0.6) is 0 Å². The van der Waals surface area contributed by atoms with Crippen molar-refractivity contribution in [2.45, 2.75) is 33.6 Å². The summed E-state index contributed by atoms with van der Waals surface area (Å²) >= 11 is 0. The Morgan fingerprint density at radius 3 is 2.35 bits per heavy atom. The van der Waals surface area contributed by atoms with Crippen molar-refractivity contribution in [1.82, 2.24) is 0 Å². The van der Waals surface area contributed by atoms with Crippen LogP contribution >= 0.6 is 0 Å². The Labute approximate surface area is 103 Å². The van der Waals surface area contributed by atoms with Gasteiger partial charge >= 0.3 is 5.97 Å². The fourth-order valence-electron chi connectivity index (χ4n) is 2.01. The predicted octanol–water partition coefficient (Wildman–Crippen LogP) is 2.98. The fourth-order valence-corrected chi connectivity index (χ4v) is 2.01. The number of esters is 1.